The largest absolute Gasteiger partial charge is 0.462 e. The van der Waals surface area contributed by atoms with Crippen LogP contribution in [0.2, 0.25) is 0 Å². The number of likely N-dealkylation sites (N-methyl/N-ethyl adjacent to an activating group) is 1. The number of aliphatic hydroxyl groups is 1. The van der Waals surface area contributed by atoms with Gasteiger partial charge in [0.2, 0.25) is 12.3 Å². The third kappa shape index (κ3) is 4.40. The maximum absolute atomic E-state index is 13.5. The van der Waals surface area contributed by atoms with E-state index >= 15 is 0 Å². The molecule has 0 fully saturated rings. The lowest BCUT2D eigenvalue weighted by Crippen LogP contribution is -2.54. The van der Waals surface area contributed by atoms with Crippen LogP contribution in [0.4, 0.5) is 24.5 Å². The zero-order valence-electron chi connectivity index (χ0n) is 21.6. The van der Waals surface area contributed by atoms with Gasteiger partial charge in [-0.05, 0) is 68.7 Å². The fourth-order valence-corrected chi connectivity index (χ4v) is 4.85. The quantitative estimate of drug-likeness (QED) is 0.466. The standard InChI is InChI=1S/C27H28F3N3O5/c1-6-38-23(35)18-14-32(17-10-11-21-20(12-17)26(3,4)24(36)31(21)5)25(37)33(22(18)34)13-16-8-7-9-19(15(16)2)27(28,29)30/h7-12,14,25,37H,6,13H2,1-5H3. The van der Waals surface area contributed by atoms with Gasteiger partial charge in [0.05, 0.1) is 24.1 Å². The van der Waals surface area contributed by atoms with E-state index in [0.29, 0.717) is 16.9 Å². The monoisotopic (exact) mass is 531 g/mol. The summed E-state index contributed by atoms with van der Waals surface area (Å²) in [4.78, 5) is 42.4. The van der Waals surface area contributed by atoms with Crippen molar-refractivity contribution >= 4 is 29.2 Å². The van der Waals surface area contributed by atoms with Crippen LogP contribution in [-0.4, -0.2) is 47.8 Å². The van der Waals surface area contributed by atoms with E-state index in [1.165, 1.54) is 28.9 Å². The average Bonchev–Trinajstić information content (AvgIpc) is 3.01. The predicted octanol–water partition coefficient (Wildman–Crippen LogP) is 3.84. The highest BCUT2D eigenvalue weighted by Crippen LogP contribution is 2.43. The number of anilines is 2. The molecule has 1 unspecified atom stereocenters. The van der Waals surface area contributed by atoms with Crippen molar-refractivity contribution in [1.82, 2.24) is 4.90 Å². The first kappa shape index (κ1) is 27.2. The first-order valence-corrected chi connectivity index (χ1v) is 11.9. The lowest BCUT2D eigenvalue weighted by Gasteiger charge is -2.40. The van der Waals surface area contributed by atoms with Crippen LogP contribution in [0.5, 0.6) is 0 Å². The molecule has 2 amide bonds. The number of carbonyl (C=O) groups excluding carboxylic acids is 3. The fourth-order valence-electron chi connectivity index (χ4n) is 4.85. The van der Waals surface area contributed by atoms with Crippen molar-refractivity contribution in [2.75, 3.05) is 23.5 Å². The number of nitrogens with zero attached hydrogens (tertiary/aromatic N) is 3. The van der Waals surface area contributed by atoms with Crippen molar-refractivity contribution < 1.29 is 37.4 Å². The molecule has 0 aliphatic carbocycles. The highest BCUT2D eigenvalue weighted by molar-refractivity contribution is 6.17. The van der Waals surface area contributed by atoms with Gasteiger partial charge in [-0.1, -0.05) is 12.1 Å². The highest BCUT2D eigenvalue weighted by atomic mass is 19.4. The summed E-state index contributed by atoms with van der Waals surface area (Å²) in [6.45, 7) is 5.97. The van der Waals surface area contributed by atoms with Crippen LogP contribution in [0.3, 0.4) is 0 Å². The van der Waals surface area contributed by atoms with E-state index < -0.39 is 47.5 Å². The molecule has 0 radical (unpaired) electrons. The third-order valence-electron chi connectivity index (χ3n) is 7.03. The van der Waals surface area contributed by atoms with Gasteiger partial charge in [-0.3, -0.25) is 14.5 Å². The minimum Gasteiger partial charge on any atom is -0.462 e. The van der Waals surface area contributed by atoms with Crippen molar-refractivity contribution in [1.29, 1.82) is 0 Å². The molecule has 38 heavy (non-hydrogen) atoms. The van der Waals surface area contributed by atoms with Gasteiger partial charge in [0, 0.05) is 24.6 Å². The van der Waals surface area contributed by atoms with Crippen molar-refractivity contribution in [3.8, 4) is 0 Å². The summed E-state index contributed by atoms with van der Waals surface area (Å²) in [6.07, 6.45) is -5.10. The molecule has 0 spiro atoms. The Bertz CT molecular complexity index is 1350. The molecule has 2 aromatic carbocycles. The van der Waals surface area contributed by atoms with Gasteiger partial charge >= 0.3 is 12.1 Å². The van der Waals surface area contributed by atoms with Gasteiger partial charge in [-0.2, -0.15) is 13.2 Å². The van der Waals surface area contributed by atoms with Crippen LogP contribution >= 0.6 is 0 Å². The van der Waals surface area contributed by atoms with Gasteiger partial charge in [-0.25, -0.2) is 4.79 Å². The topological polar surface area (TPSA) is 90.4 Å². The SMILES string of the molecule is CCOC(=O)C1=CN(c2ccc3c(c2)C(C)(C)C(=O)N3C)C(O)N(Cc2cccc(C(F)(F)F)c2C)C1=O. The summed E-state index contributed by atoms with van der Waals surface area (Å²) in [5.74, 6) is -1.94. The number of fused-ring (bicyclic) bond motifs is 1. The average molecular weight is 532 g/mol. The molecule has 8 nitrogen and oxygen atoms in total. The smallest absolute Gasteiger partial charge is 0.416 e. The van der Waals surface area contributed by atoms with Crippen LogP contribution in [0.25, 0.3) is 0 Å². The van der Waals surface area contributed by atoms with E-state index in [4.69, 9.17) is 4.74 Å². The van der Waals surface area contributed by atoms with Crippen LogP contribution < -0.4 is 9.80 Å². The minimum absolute atomic E-state index is 0.0137. The molecule has 0 bridgehead atoms. The van der Waals surface area contributed by atoms with E-state index in [1.54, 1.807) is 46.0 Å². The van der Waals surface area contributed by atoms with Crippen molar-refractivity contribution in [3.05, 3.63) is 70.4 Å². The summed E-state index contributed by atoms with van der Waals surface area (Å²) in [7, 11) is 1.65. The second kappa shape index (κ2) is 9.46. The number of hydrogen-bond acceptors (Lipinski definition) is 6. The third-order valence-corrected chi connectivity index (χ3v) is 7.03. The van der Waals surface area contributed by atoms with E-state index in [2.05, 4.69) is 0 Å². The number of rotatable bonds is 5. The number of hydrogen-bond donors (Lipinski definition) is 1. The van der Waals surface area contributed by atoms with Gasteiger partial charge in [0.15, 0.2) is 0 Å². The summed E-state index contributed by atoms with van der Waals surface area (Å²) in [5, 5.41) is 11.3. The van der Waals surface area contributed by atoms with Crippen molar-refractivity contribution in [2.24, 2.45) is 0 Å². The Morgan fingerprint density at radius 3 is 2.47 bits per heavy atom. The highest BCUT2D eigenvalue weighted by Gasteiger charge is 2.44. The number of carbonyl (C=O) groups is 3. The zero-order valence-corrected chi connectivity index (χ0v) is 21.6. The zero-order chi connectivity index (χ0) is 28.2. The Balaban J connectivity index is 1.79. The van der Waals surface area contributed by atoms with Crippen LogP contribution in [-0.2, 0) is 37.3 Å². The lowest BCUT2D eigenvalue weighted by molar-refractivity contribution is -0.147. The molecule has 11 heteroatoms. The molecule has 2 aliphatic heterocycles. The number of benzene rings is 2. The summed E-state index contributed by atoms with van der Waals surface area (Å²) in [5.41, 5.74) is -0.336. The lowest BCUT2D eigenvalue weighted by atomic mass is 9.86. The molecule has 2 aromatic rings. The Morgan fingerprint density at radius 1 is 1.16 bits per heavy atom. The van der Waals surface area contributed by atoms with Gasteiger partial charge < -0.3 is 19.6 Å². The Labute approximate surface area is 217 Å². The molecular formula is C27H28F3N3O5. The molecule has 0 saturated heterocycles. The summed E-state index contributed by atoms with van der Waals surface area (Å²) < 4.78 is 45.5. The molecule has 1 atom stereocenters. The number of amides is 2. The number of aliphatic hydroxyl groups excluding tert-OH is 1. The number of esters is 1. The van der Waals surface area contributed by atoms with Gasteiger partial charge in [0.1, 0.15) is 5.57 Å². The molecule has 0 aromatic heterocycles. The van der Waals surface area contributed by atoms with E-state index in [9.17, 15) is 32.7 Å². The molecule has 1 N–H and O–H groups in total. The maximum atomic E-state index is 13.5. The van der Waals surface area contributed by atoms with Crippen LogP contribution in [0.1, 0.15) is 43.0 Å². The first-order valence-electron chi connectivity index (χ1n) is 11.9. The summed E-state index contributed by atoms with van der Waals surface area (Å²) in [6, 6.07) is 8.59. The van der Waals surface area contributed by atoms with Crippen LogP contribution in [0, 0.1) is 6.92 Å². The Morgan fingerprint density at radius 2 is 1.84 bits per heavy atom. The maximum Gasteiger partial charge on any atom is 0.416 e. The van der Waals surface area contributed by atoms with Crippen LogP contribution in [0.15, 0.2) is 48.2 Å². The molecule has 202 valence electrons. The second-order valence-corrected chi connectivity index (χ2v) is 9.73. The minimum atomic E-state index is -4.60. The molecule has 0 saturated carbocycles. The van der Waals surface area contributed by atoms with E-state index in [0.717, 1.165) is 17.2 Å². The number of halogens is 3. The number of alkyl halides is 3. The number of ether oxygens (including phenoxy) is 1. The van der Waals surface area contributed by atoms with Crippen molar-refractivity contribution in [3.63, 3.8) is 0 Å². The van der Waals surface area contributed by atoms with Gasteiger partial charge in [-0.15, -0.1) is 0 Å². The normalized spacial score (nSPS) is 19.0. The predicted molar refractivity (Wildman–Crippen MR) is 133 cm³/mol. The molecule has 2 aliphatic rings. The molecule has 4 rings (SSSR count). The molecular weight excluding hydrogens is 503 g/mol. The second-order valence-electron chi connectivity index (χ2n) is 9.73. The Hall–Kier alpha value is -3.86. The van der Waals surface area contributed by atoms with Gasteiger partial charge in [0.25, 0.3) is 5.91 Å². The van der Waals surface area contributed by atoms with Crippen molar-refractivity contribution in [2.45, 2.75) is 52.2 Å². The van der Waals surface area contributed by atoms with E-state index in [1.807, 2.05) is 0 Å². The summed E-state index contributed by atoms with van der Waals surface area (Å²) >= 11 is 0. The fraction of sp³-hybridized carbons (Fsp3) is 0.370. The molecule has 2 heterocycles. The Kier molecular flexibility index (Phi) is 6.77. The first-order chi connectivity index (χ1) is 17.7. The van der Waals surface area contributed by atoms with E-state index in [-0.39, 0.29) is 23.6 Å².